The molecule has 1 aromatic heterocycles. The lowest BCUT2D eigenvalue weighted by Gasteiger charge is -2.33. The fourth-order valence-electron chi connectivity index (χ4n) is 4.61. The molecule has 2 aromatic carbocycles. The van der Waals surface area contributed by atoms with Crippen molar-refractivity contribution in [1.29, 1.82) is 0 Å². The van der Waals surface area contributed by atoms with Gasteiger partial charge < -0.3 is 26.4 Å². The molecule has 1 fully saturated rings. The molecule has 1 heterocycles. The number of methoxy groups -OCH3 is 1. The first-order chi connectivity index (χ1) is 18.3. The SMILES string of the molecule is COc1ccc(CN(C(=O)c2snc(C(N)=O)c2N)[C@H](C(=O)NC2CCCCC2)c2ccc(Cl)cc2)cc1. The first-order valence-electron chi connectivity index (χ1n) is 12.3. The Morgan fingerprint density at radius 3 is 2.34 bits per heavy atom. The maximum atomic E-state index is 14.0. The van der Waals surface area contributed by atoms with Gasteiger partial charge in [-0.15, -0.1) is 0 Å². The van der Waals surface area contributed by atoms with Gasteiger partial charge in [-0.1, -0.05) is 55.1 Å². The van der Waals surface area contributed by atoms with Gasteiger partial charge in [-0.05, 0) is 59.8 Å². The number of aromatic nitrogens is 1. The average Bonchev–Trinajstić information content (AvgIpc) is 3.31. The number of nitrogen functional groups attached to an aromatic ring is 1. The number of primary amides is 1. The van der Waals surface area contributed by atoms with Crippen LogP contribution >= 0.6 is 23.1 Å². The second-order valence-corrected chi connectivity index (χ2v) is 10.4. The van der Waals surface area contributed by atoms with E-state index in [-0.39, 0.29) is 34.8 Å². The molecule has 4 rings (SSSR count). The average molecular weight is 556 g/mol. The highest BCUT2D eigenvalue weighted by Gasteiger charge is 2.36. The number of nitrogens with two attached hydrogens (primary N) is 2. The molecule has 1 aliphatic rings. The zero-order chi connectivity index (χ0) is 27.2. The number of halogens is 1. The number of hydrogen-bond acceptors (Lipinski definition) is 7. The monoisotopic (exact) mass is 555 g/mol. The van der Waals surface area contributed by atoms with Gasteiger partial charge in [0.2, 0.25) is 5.91 Å². The standard InChI is InChI=1S/C27H30ClN5O4S/c1-37-20-13-7-16(8-14-20)15-33(27(36)24-21(29)22(25(30)34)32-38-24)23(17-9-11-18(28)12-10-17)26(35)31-19-5-3-2-4-6-19/h7-14,19,23H,2-6,15,29H2,1H3,(H2,30,34)(H,31,35)/t23-/m0/s1. The molecule has 0 saturated heterocycles. The highest BCUT2D eigenvalue weighted by molar-refractivity contribution is 7.09. The summed E-state index contributed by atoms with van der Waals surface area (Å²) >= 11 is 6.92. The minimum atomic E-state index is -0.998. The molecule has 200 valence electrons. The van der Waals surface area contributed by atoms with E-state index in [0.717, 1.165) is 49.2 Å². The van der Waals surface area contributed by atoms with E-state index >= 15 is 0 Å². The first kappa shape index (κ1) is 27.4. The van der Waals surface area contributed by atoms with E-state index in [1.165, 1.54) is 4.90 Å². The van der Waals surface area contributed by atoms with Crippen molar-refractivity contribution in [3.05, 3.63) is 75.3 Å². The van der Waals surface area contributed by atoms with Crippen molar-refractivity contribution in [3.8, 4) is 5.75 Å². The predicted molar refractivity (Wildman–Crippen MR) is 147 cm³/mol. The minimum absolute atomic E-state index is 0.0268. The van der Waals surface area contributed by atoms with Crippen LogP contribution in [0.3, 0.4) is 0 Å². The third-order valence-electron chi connectivity index (χ3n) is 6.63. The quantitative estimate of drug-likeness (QED) is 0.359. The lowest BCUT2D eigenvalue weighted by molar-refractivity contribution is -0.127. The number of benzene rings is 2. The van der Waals surface area contributed by atoms with Crippen molar-refractivity contribution in [2.24, 2.45) is 5.73 Å². The number of amides is 3. The van der Waals surface area contributed by atoms with Gasteiger partial charge in [-0.3, -0.25) is 14.4 Å². The minimum Gasteiger partial charge on any atom is -0.497 e. The Kier molecular flexibility index (Phi) is 8.85. The second-order valence-electron chi connectivity index (χ2n) is 9.22. The van der Waals surface area contributed by atoms with Crippen molar-refractivity contribution in [1.82, 2.24) is 14.6 Å². The lowest BCUT2D eigenvalue weighted by Crippen LogP contribution is -2.46. The fourth-order valence-corrected chi connectivity index (χ4v) is 5.50. The molecule has 0 spiro atoms. The van der Waals surface area contributed by atoms with Crippen LogP contribution in [0.15, 0.2) is 48.5 Å². The summed E-state index contributed by atoms with van der Waals surface area (Å²) in [6.45, 7) is 0.0808. The zero-order valence-corrected chi connectivity index (χ0v) is 22.6. The largest absolute Gasteiger partial charge is 0.497 e. The van der Waals surface area contributed by atoms with Gasteiger partial charge in [-0.25, -0.2) is 0 Å². The van der Waals surface area contributed by atoms with Crippen LogP contribution in [0.1, 0.15) is 69.4 Å². The Balaban J connectivity index is 1.77. The summed E-state index contributed by atoms with van der Waals surface area (Å²) in [4.78, 5) is 41.2. The molecule has 38 heavy (non-hydrogen) atoms. The van der Waals surface area contributed by atoms with Crippen LogP contribution in [0.5, 0.6) is 5.75 Å². The van der Waals surface area contributed by atoms with Crippen molar-refractivity contribution in [3.63, 3.8) is 0 Å². The maximum absolute atomic E-state index is 14.0. The molecule has 9 nitrogen and oxygen atoms in total. The number of ether oxygens (including phenoxy) is 1. The molecular weight excluding hydrogens is 526 g/mol. The van der Waals surface area contributed by atoms with E-state index in [0.29, 0.717) is 16.3 Å². The highest BCUT2D eigenvalue weighted by Crippen LogP contribution is 2.32. The molecule has 0 unspecified atom stereocenters. The maximum Gasteiger partial charge on any atom is 0.270 e. The number of rotatable bonds is 9. The molecule has 0 bridgehead atoms. The Bertz CT molecular complexity index is 1290. The molecule has 5 N–H and O–H groups in total. The molecule has 1 saturated carbocycles. The van der Waals surface area contributed by atoms with E-state index in [9.17, 15) is 14.4 Å². The lowest BCUT2D eigenvalue weighted by atomic mass is 9.94. The van der Waals surface area contributed by atoms with Crippen molar-refractivity contribution in [2.45, 2.75) is 50.7 Å². The number of hydrogen-bond donors (Lipinski definition) is 3. The third kappa shape index (κ3) is 6.25. The summed E-state index contributed by atoms with van der Waals surface area (Å²) in [5.41, 5.74) is 12.6. The number of carbonyl (C=O) groups is 3. The molecular formula is C27H30ClN5O4S. The highest BCUT2D eigenvalue weighted by atomic mass is 35.5. The van der Waals surface area contributed by atoms with Crippen molar-refractivity contribution < 1.29 is 19.1 Å². The zero-order valence-electron chi connectivity index (χ0n) is 21.0. The van der Waals surface area contributed by atoms with Crippen LogP contribution in [-0.2, 0) is 11.3 Å². The molecule has 1 atom stereocenters. The Hall–Kier alpha value is -3.63. The Morgan fingerprint density at radius 1 is 1.11 bits per heavy atom. The topological polar surface area (TPSA) is 141 Å². The van der Waals surface area contributed by atoms with Crippen LogP contribution in [0.2, 0.25) is 5.02 Å². The van der Waals surface area contributed by atoms with Gasteiger partial charge in [-0.2, -0.15) is 4.37 Å². The van der Waals surface area contributed by atoms with E-state index in [1.54, 1.807) is 43.5 Å². The van der Waals surface area contributed by atoms with Crippen LogP contribution in [-0.4, -0.2) is 40.1 Å². The number of nitrogens with one attached hydrogen (secondary N) is 1. The van der Waals surface area contributed by atoms with Gasteiger partial charge in [0, 0.05) is 17.6 Å². The van der Waals surface area contributed by atoms with Gasteiger partial charge in [0.15, 0.2) is 5.69 Å². The Morgan fingerprint density at radius 2 is 1.76 bits per heavy atom. The van der Waals surface area contributed by atoms with E-state index in [1.807, 2.05) is 12.1 Å². The third-order valence-corrected chi connectivity index (χ3v) is 7.73. The summed E-state index contributed by atoms with van der Waals surface area (Å²) < 4.78 is 9.25. The molecule has 0 radical (unpaired) electrons. The summed E-state index contributed by atoms with van der Waals surface area (Å²) in [5.74, 6) is -1.01. The molecule has 0 aliphatic heterocycles. The number of carbonyl (C=O) groups excluding carboxylic acids is 3. The number of anilines is 1. The first-order valence-corrected chi connectivity index (χ1v) is 13.5. The van der Waals surface area contributed by atoms with Crippen molar-refractivity contribution >= 4 is 46.5 Å². The summed E-state index contributed by atoms with van der Waals surface area (Å²) in [6.07, 6.45) is 4.99. The van der Waals surface area contributed by atoms with E-state index in [4.69, 9.17) is 27.8 Å². The second kappa shape index (κ2) is 12.3. The summed E-state index contributed by atoms with van der Waals surface area (Å²) in [7, 11) is 1.57. The van der Waals surface area contributed by atoms with Crippen molar-refractivity contribution in [2.75, 3.05) is 12.8 Å². The van der Waals surface area contributed by atoms with Gasteiger partial charge in [0.25, 0.3) is 11.8 Å². The fraction of sp³-hybridized carbons (Fsp3) is 0.333. The molecule has 1 aliphatic carbocycles. The normalized spacial score (nSPS) is 14.5. The smallest absolute Gasteiger partial charge is 0.270 e. The molecule has 3 amide bonds. The number of nitrogens with zero attached hydrogens (tertiary/aromatic N) is 2. The Labute approximate surface area is 230 Å². The summed E-state index contributed by atoms with van der Waals surface area (Å²) in [5, 5.41) is 3.66. The van der Waals surface area contributed by atoms with Gasteiger partial charge in [0.1, 0.15) is 16.7 Å². The predicted octanol–water partition coefficient (Wildman–Crippen LogP) is 4.32. The van der Waals surface area contributed by atoms with E-state index in [2.05, 4.69) is 9.69 Å². The van der Waals surface area contributed by atoms with Gasteiger partial charge in [0.05, 0.1) is 12.8 Å². The molecule has 3 aromatic rings. The van der Waals surface area contributed by atoms with E-state index < -0.39 is 17.9 Å². The van der Waals surface area contributed by atoms with Crippen LogP contribution in [0.4, 0.5) is 5.69 Å². The van der Waals surface area contributed by atoms with Crippen LogP contribution in [0.25, 0.3) is 0 Å². The van der Waals surface area contributed by atoms with Gasteiger partial charge >= 0.3 is 0 Å². The van der Waals surface area contributed by atoms with Crippen LogP contribution in [0, 0.1) is 0 Å². The molecule has 11 heteroatoms. The summed E-state index contributed by atoms with van der Waals surface area (Å²) in [6, 6.07) is 13.1. The van der Waals surface area contributed by atoms with Crippen LogP contribution < -0.4 is 21.5 Å².